The van der Waals surface area contributed by atoms with Gasteiger partial charge in [-0.05, 0) is 26.2 Å². The van der Waals surface area contributed by atoms with Crippen LogP contribution in [-0.2, 0) is 11.2 Å². The summed E-state index contributed by atoms with van der Waals surface area (Å²) in [6.07, 6.45) is 3.25. The monoisotopic (exact) mass is 383 g/mol. The van der Waals surface area contributed by atoms with E-state index in [0.29, 0.717) is 44.1 Å². The van der Waals surface area contributed by atoms with E-state index in [2.05, 4.69) is 10.1 Å². The molecule has 2 heterocycles. The lowest BCUT2D eigenvalue weighted by Gasteiger charge is -2.31. The normalized spacial score (nSPS) is 15.2. The molecule has 0 unspecified atom stereocenters. The van der Waals surface area contributed by atoms with Gasteiger partial charge in [0.15, 0.2) is 11.6 Å². The zero-order chi connectivity index (χ0) is 20.1. The quantitative estimate of drug-likeness (QED) is 0.677. The first-order chi connectivity index (χ1) is 13.4. The molecule has 1 saturated heterocycles. The van der Waals surface area contributed by atoms with E-state index >= 15 is 0 Å². The van der Waals surface area contributed by atoms with Crippen LogP contribution in [0.5, 0.6) is 0 Å². The Labute approximate surface area is 166 Å². The lowest BCUT2D eigenvalue weighted by molar-refractivity contribution is -0.132. The zero-order valence-corrected chi connectivity index (χ0v) is 17.0. The molecule has 150 valence electrons. The first-order valence-electron chi connectivity index (χ1n) is 10.1. The van der Waals surface area contributed by atoms with Crippen molar-refractivity contribution in [2.45, 2.75) is 58.8 Å². The summed E-state index contributed by atoms with van der Waals surface area (Å²) in [5.74, 6) is 1.90. The van der Waals surface area contributed by atoms with E-state index in [1.165, 1.54) is 0 Å². The molecule has 6 heteroatoms. The maximum Gasteiger partial charge on any atom is 0.226 e. The van der Waals surface area contributed by atoms with E-state index in [-0.39, 0.29) is 23.5 Å². The highest BCUT2D eigenvalue weighted by Crippen LogP contribution is 2.23. The molecule has 0 aliphatic carbocycles. The Kier molecular flexibility index (Phi) is 6.60. The van der Waals surface area contributed by atoms with Gasteiger partial charge < -0.3 is 9.42 Å². The number of aryl methyl sites for hydroxylation is 2. The summed E-state index contributed by atoms with van der Waals surface area (Å²) >= 11 is 0. The van der Waals surface area contributed by atoms with Crippen LogP contribution in [0.25, 0.3) is 0 Å². The summed E-state index contributed by atoms with van der Waals surface area (Å²) in [5.41, 5.74) is 1.92. The maximum atomic E-state index is 12.6. The van der Waals surface area contributed by atoms with Crippen molar-refractivity contribution in [1.82, 2.24) is 15.0 Å². The van der Waals surface area contributed by atoms with Gasteiger partial charge in [0.05, 0.1) is 0 Å². The van der Waals surface area contributed by atoms with E-state index in [1.54, 1.807) is 0 Å². The van der Waals surface area contributed by atoms with Gasteiger partial charge in [0.1, 0.15) is 0 Å². The minimum atomic E-state index is 0.0135. The third-order valence-electron chi connectivity index (χ3n) is 5.34. The average Bonchev–Trinajstić information content (AvgIpc) is 3.17. The van der Waals surface area contributed by atoms with Crippen molar-refractivity contribution >= 4 is 11.7 Å². The molecule has 0 spiro atoms. The molecule has 28 heavy (non-hydrogen) atoms. The second-order valence-corrected chi connectivity index (χ2v) is 7.94. The number of Topliss-reactive ketones (excluding diaryl/α,β-unsaturated/α-hetero) is 1. The van der Waals surface area contributed by atoms with Crippen molar-refractivity contribution in [2.75, 3.05) is 13.1 Å². The van der Waals surface area contributed by atoms with Crippen molar-refractivity contribution in [3.63, 3.8) is 0 Å². The molecule has 6 nitrogen and oxygen atoms in total. The Hall–Kier alpha value is -2.50. The molecule has 1 aromatic carbocycles. The molecule has 0 atom stereocenters. The van der Waals surface area contributed by atoms with Gasteiger partial charge in [0.25, 0.3) is 0 Å². The van der Waals surface area contributed by atoms with Crippen LogP contribution < -0.4 is 0 Å². The van der Waals surface area contributed by atoms with Crippen LogP contribution in [0.4, 0.5) is 0 Å². The minimum Gasteiger partial charge on any atom is -0.343 e. The second kappa shape index (κ2) is 9.13. The highest BCUT2D eigenvalue weighted by Gasteiger charge is 2.27. The summed E-state index contributed by atoms with van der Waals surface area (Å²) in [6, 6.07) is 7.74. The standard InChI is InChI=1S/C22H29N3O3/c1-15(2)22-23-19(28-24-22)5-4-6-20(26)25-13-11-18(12-14-25)21(27)17-9-7-16(3)8-10-17/h7-10,15,18H,4-6,11-14H2,1-3H3. The first kappa shape index (κ1) is 20.2. The number of aromatic nitrogens is 2. The van der Waals surface area contributed by atoms with Gasteiger partial charge in [-0.15, -0.1) is 0 Å². The molecule has 0 bridgehead atoms. The number of hydrogen-bond donors (Lipinski definition) is 0. The van der Waals surface area contributed by atoms with Crippen LogP contribution in [0.3, 0.4) is 0 Å². The Morgan fingerprint density at radius 2 is 1.86 bits per heavy atom. The Balaban J connectivity index is 1.42. The molecule has 1 aromatic heterocycles. The molecular weight excluding hydrogens is 354 g/mol. The predicted octanol–water partition coefficient (Wildman–Crippen LogP) is 3.95. The number of hydrogen-bond acceptors (Lipinski definition) is 5. The largest absolute Gasteiger partial charge is 0.343 e. The van der Waals surface area contributed by atoms with Crippen LogP contribution in [0.15, 0.2) is 28.8 Å². The van der Waals surface area contributed by atoms with Gasteiger partial charge in [-0.3, -0.25) is 9.59 Å². The molecule has 1 aliphatic rings. The SMILES string of the molecule is Cc1ccc(C(=O)C2CCN(C(=O)CCCc3nc(C(C)C)no3)CC2)cc1. The van der Waals surface area contributed by atoms with Crippen LogP contribution in [0, 0.1) is 12.8 Å². The van der Waals surface area contributed by atoms with Crippen molar-refractivity contribution in [2.24, 2.45) is 5.92 Å². The topological polar surface area (TPSA) is 76.3 Å². The summed E-state index contributed by atoms with van der Waals surface area (Å²) in [6.45, 7) is 7.36. The van der Waals surface area contributed by atoms with Crippen molar-refractivity contribution in [3.8, 4) is 0 Å². The van der Waals surface area contributed by atoms with Gasteiger partial charge in [-0.25, -0.2) is 0 Å². The Bertz CT molecular complexity index is 803. The first-order valence-corrected chi connectivity index (χ1v) is 10.1. The fraction of sp³-hybridized carbons (Fsp3) is 0.545. The zero-order valence-electron chi connectivity index (χ0n) is 17.0. The number of likely N-dealkylation sites (tertiary alicyclic amines) is 1. The van der Waals surface area contributed by atoms with Crippen molar-refractivity contribution < 1.29 is 14.1 Å². The van der Waals surface area contributed by atoms with E-state index in [4.69, 9.17) is 4.52 Å². The number of piperidine rings is 1. The number of carbonyl (C=O) groups excluding carboxylic acids is 2. The number of benzene rings is 1. The van der Waals surface area contributed by atoms with Crippen LogP contribution in [0.2, 0.25) is 0 Å². The van der Waals surface area contributed by atoms with E-state index in [1.807, 2.05) is 49.9 Å². The van der Waals surface area contributed by atoms with Gasteiger partial charge >= 0.3 is 0 Å². The van der Waals surface area contributed by atoms with Crippen LogP contribution in [-0.4, -0.2) is 39.8 Å². The summed E-state index contributed by atoms with van der Waals surface area (Å²) in [5, 5.41) is 3.94. The molecule has 1 amide bonds. The van der Waals surface area contributed by atoms with Gasteiger partial charge in [-0.1, -0.05) is 48.8 Å². The van der Waals surface area contributed by atoms with Gasteiger partial charge in [0, 0.05) is 43.3 Å². The Morgan fingerprint density at radius 3 is 2.46 bits per heavy atom. The fourth-order valence-electron chi connectivity index (χ4n) is 3.50. The molecule has 3 rings (SSSR count). The van der Waals surface area contributed by atoms with Crippen molar-refractivity contribution in [3.05, 3.63) is 47.1 Å². The molecule has 1 aliphatic heterocycles. The Morgan fingerprint density at radius 1 is 1.18 bits per heavy atom. The van der Waals surface area contributed by atoms with E-state index < -0.39 is 0 Å². The number of ketones is 1. The number of amides is 1. The molecule has 2 aromatic rings. The average molecular weight is 383 g/mol. The summed E-state index contributed by atoms with van der Waals surface area (Å²) in [7, 11) is 0. The molecule has 0 saturated carbocycles. The lowest BCUT2D eigenvalue weighted by atomic mass is 9.88. The fourth-order valence-corrected chi connectivity index (χ4v) is 3.50. The van der Waals surface area contributed by atoms with Crippen molar-refractivity contribution in [1.29, 1.82) is 0 Å². The smallest absolute Gasteiger partial charge is 0.226 e. The van der Waals surface area contributed by atoms with E-state index in [9.17, 15) is 9.59 Å². The molecular formula is C22H29N3O3. The molecule has 1 fully saturated rings. The number of nitrogens with zero attached hydrogens (tertiary/aromatic N) is 3. The number of rotatable bonds is 7. The predicted molar refractivity (Wildman–Crippen MR) is 106 cm³/mol. The molecule has 0 radical (unpaired) electrons. The van der Waals surface area contributed by atoms with Gasteiger partial charge in [-0.2, -0.15) is 4.98 Å². The summed E-state index contributed by atoms with van der Waals surface area (Å²) < 4.78 is 5.22. The number of carbonyl (C=O) groups is 2. The third kappa shape index (κ3) is 5.06. The van der Waals surface area contributed by atoms with E-state index in [0.717, 1.165) is 24.0 Å². The highest BCUT2D eigenvalue weighted by molar-refractivity contribution is 5.98. The third-order valence-corrected chi connectivity index (χ3v) is 5.34. The summed E-state index contributed by atoms with van der Waals surface area (Å²) in [4.78, 5) is 31.3. The molecule has 0 N–H and O–H groups in total. The van der Waals surface area contributed by atoms with Crippen LogP contribution >= 0.6 is 0 Å². The van der Waals surface area contributed by atoms with Crippen LogP contribution in [0.1, 0.15) is 73.1 Å². The lowest BCUT2D eigenvalue weighted by Crippen LogP contribution is -2.40. The second-order valence-electron chi connectivity index (χ2n) is 7.94. The minimum absolute atomic E-state index is 0.0135. The highest BCUT2D eigenvalue weighted by atomic mass is 16.5. The maximum absolute atomic E-state index is 12.6. The van der Waals surface area contributed by atoms with Gasteiger partial charge in [0.2, 0.25) is 11.8 Å².